The lowest BCUT2D eigenvalue weighted by Gasteiger charge is -2.48. The molecule has 1 aliphatic rings. The molecule has 0 radical (unpaired) electrons. The number of amides is 1. The second kappa shape index (κ2) is 12.2. The molecule has 1 saturated carbocycles. The summed E-state index contributed by atoms with van der Waals surface area (Å²) in [6, 6.07) is 15.3. The summed E-state index contributed by atoms with van der Waals surface area (Å²) in [7, 11) is 0. The Bertz CT molecular complexity index is 902. The maximum absolute atomic E-state index is 13.7. The van der Waals surface area contributed by atoms with Crippen LogP contribution in [0.1, 0.15) is 97.6 Å². The first-order valence-electron chi connectivity index (χ1n) is 13.9. The van der Waals surface area contributed by atoms with Crippen LogP contribution < -0.4 is 0 Å². The van der Waals surface area contributed by atoms with Gasteiger partial charge in [-0.15, -0.1) is 0 Å². The largest absolute Gasteiger partial charge is 0.338 e. The number of pyridine rings is 1. The molecule has 0 N–H and O–H groups in total. The average molecular weight is 477 g/mol. The number of carbonyl (C=O) groups excluding carboxylic acids is 1. The van der Waals surface area contributed by atoms with E-state index in [0.717, 1.165) is 37.3 Å². The first-order chi connectivity index (χ1) is 16.7. The summed E-state index contributed by atoms with van der Waals surface area (Å²) in [6.07, 6.45) is 11.9. The van der Waals surface area contributed by atoms with Gasteiger partial charge in [0.15, 0.2) is 0 Å². The van der Waals surface area contributed by atoms with Crippen molar-refractivity contribution in [3.05, 3.63) is 66.0 Å². The number of nitrogens with zero attached hydrogens (tertiary/aromatic N) is 2. The Morgan fingerprint density at radius 2 is 1.66 bits per heavy atom. The molecule has 0 bridgehead atoms. The van der Waals surface area contributed by atoms with Crippen LogP contribution in [0.4, 0.5) is 0 Å². The van der Waals surface area contributed by atoms with Crippen LogP contribution in [0.2, 0.25) is 0 Å². The second-order valence-electron chi connectivity index (χ2n) is 11.9. The van der Waals surface area contributed by atoms with Crippen molar-refractivity contribution in [1.82, 2.24) is 9.88 Å². The highest BCUT2D eigenvalue weighted by molar-refractivity contribution is 5.78. The van der Waals surface area contributed by atoms with Gasteiger partial charge in [-0.2, -0.15) is 0 Å². The monoisotopic (exact) mass is 476 g/mol. The Balaban J connectivity index is 1.80. The summed E-state index contributed by atoms with van der Waals surface area (Å²) < 4.78 is 0. The van der Waals surface area contributed by atoms with Crippen LogP contribution >= 0.6 is 0 Å². The Labute approximate surface area is 214 Å². The van der Waals surface area contributed by atoms with Gasteiger partial charge in [-0.1, -0.05) is 90.8 Å². The van der Waals surface area contributed by atoms with E-state index in [0.29, 0.717) is 18.4 Å². The highest BCUT2D eigenvalue weighted by atomic mass is 16.2. The fourth-order valence-electron chi connectivity index (χ4n) is 5.97. The zero-order chi connectivity index (χ0) is 25.5. The topological polar surface area (TPSA) is 33.2 Å². The number of aromatic nitrogens is 1. The van der Waals surface area contributed by atoms with Crippen molar-refractivity contribution < 1.29 is 4.79 Å². The summed E-state index contributed by atoms with van der Waals surface area (Å²) in [5.74, 6) is 1.44. The molecule has 1 heterocycles. The standard InChI is InChI=1S/C32H48N2O/c1-7-25(3)21-32(29-14-10-9-11-15-29)18-16-31(6,17-19-32)24-34(23-28-13-12-20-33-22-28)30(35)27(5)26(4)8-2/h9-15,20,22,25-27H,7-8,16-19,21,23-24H2,1-6H3/t25?,26?,27?,31-,32+. The van der Waals surface area contributed by atoms with Crippen molar-refractivity contribution in [3.63, 3.8) is 0 Å². The van der Waals surface area contributed by atoms with Crippen molar-refractivity contribution >= 4 is 5.91 Å². The van der Waals surface area contributed by atoms with Gasteiger partial charge in [0, 0.05) is 31.4 Å². The highest BCUT2D eigenvalue weighted by Crippen LogP contribution is 2.50. The van der Waals surface area contributed by atoms with Crippen molar-refractivity contribution in [1.29, 1.82) is 0 Å². The Morgan fingerprint density at radius 3 is 2.23 bits per heavy atom. The smallest absolute Gasteiger partial charge is 0.225 e. The highest BCUT2D eigenvalue weighted by Gasteiger charge is 2.43. The summed E-state index contributed by atoms with van der Waals surface area (Å²) in [4.78, 5) is 20.2. The lowest BCUT2D eigenvalue weighted by atomic mass is 9.59. The minimum atomic E-state index is 0.0395. The van der Waals surface area contributed by atoms with E-state index in [-0.39, 0.29) is 16.7 Å². The summed E-state index contributed by atoms with van der Waals surface area (Å²) in [6.45, 7) is 15.1. The third kappa shape index (κ3) is 6.96. The van der Waals surface area contributed by atoms with E-state index >= 15 is 0 Å². The molecular weight excluding hydrogens is 428 g/mol. The van der Waals surface area contributed by atoms with Crippen LogP contribution in [0, 0.1) is 23.2 Å². The van der Waals surface area contributed by atoms with Gasteiger partial charge in [0.25, 0.3) is 0 Å². The van der Waals surface area contributed by atoms with Crippen molar-refractivity contribution in [2.45, 2.75) is 98.4 Å². The van der Waals surface area contributed by atoms with Crippen molar-refractivity contribution in [2.75, 3.05) is 6.54 Å². The lowest BCUT2D eigenvalue weighted by molar-refractivity contribution is -0.139. The Morgan fingerprint density at radius 1 is 0.971 bits per heavy atom. The third-order valence-corrected chi connectivity index (χ3v) is 9.10. The van der Waals surface area contributed by atoms with Crippen LogP contribution in [0.5, 0.6) is 0 Å². The zero-order valence-corrected chi connectivity index (χ0v) is 23.1. The maximum Gasteiger partial charge on any atom is 0.225 e. The molecule has 1 aromatic carbocycles. The van der Waals surface area contributed by atoms with Gasteiger partial charge in [-0.05, 0) is 72.0 Å². The van der Waals surface area contributed by atoms with Crippen LogP contribution in [0.25, 0.3) is 0 Å². The molecule has 1 amide bonds. The molecule has 35 heavy (non-hydrogen) atoms. The first kappa shape index (κ1) is 27.4. The van der Waals surface area contributed by atoms with Gasteiger partial charge >= 0.3 is 0 Å². The average Bonchev–Trinajstić information content (AvgIpc) is 2.89. The number of carbonyl (C=O) groups is 1. The minimum Gasteiger partial charge on any atom is -0.338 e. The van der Waals surface area contributed by atoms with Crippen molar-refractivity contribution in [2.24, 2.45) is 23.2 Å². The molecule has 192 valence electrons. The van der Waals surface area contributed by atoms with Gasteiger partial charge < -0.3 is 4.90 Å². The second-order valence-corrected chi connectivity index (χ2v) is 11.9. The molecule has 3 nitrogen and oxygen atoms in total. The van der Waals surface area contributed by atoms with Crippen LogP contribution in [-0.2, 0) is 16.8 Å². The third-order valence-electron chi connectivity index (χ3n) is 9.10. The van der Waals surface area contributed by atoms with E-state index < -0.39 is 0 Å². The fourth-order valence-corrected chi connectivity index (χ4v) is 5.97. The van der Waals surface area contributed by atoms with Crippen LogP contribution in [-0.4, -0.2) is 22.3 Å². The molecule has 1 aromatic heterocycles. The molecule has 0 aliphatic heterocycles. The molecule has 2 aromatic rings. The normalized spacial score (nSPS) is 25.0. The minimum absolute atomic E-state index is 0.0395. The molecule has 1 aliphatic carbocycles. The number of benzene rings is 1. The van der Waals surface area contributed by atoms with Gasteiger partial charge in [0.2, 0.25) is 5.91 Å². The molecule has 1 fully saturated rings. The van der Waals surface area contributed by atoms with E-state index in [4.69, 9.17) is 0 Å². The molecule has 3 unspecified atom stereocenters. The van der Waals surface area contributed by atoms with E-state index in [1.165, 1.54) is 31.2 Å². The first-order valence-corrected chi connectivity index (χ1v) is 13.9. The number of hydrogen-bond acceptors (Lipinski definition) is 2. The van der Waals surface area contributed by atoms with E-state index in [9.17, 15) is 4.79 Å². The number of hydrogen-bond donors (Lipinski definition) is 0. The molecule has 0 spiro atoms. The summed E-state index contributed by atoms with van der Waals surface area (Å²) in [5, 5.41) is 0. The SMILES string of the molecule is CCC(C)C[C@]1(c2ccccc2)CC[C@@](C)(CN(Cc2cccnc2)C(=O)C(C)C(C)CC)CC1. The van der Waals surface area contributed by atoms with Gasteiger partial charge in [-0.25, -0.2) is 0 Å². The summed E-state index contributed by atoms with van der Waals surface area (Å²) >= 11 is 0. The Hall–Kier alpha value is -2.16. The molecule has 3 rings (SSSR count). The molecule has 3 heteroatoms. The fraction of sp³-hybridized carbons (Fsp3) is 0.625. The van der Waals surface area contributed by atoms with Gasteiger partial charge in [0.05, 0.1) is 0 Å². The number of rotatable bonds is 11. The summed E-state index contributed by atoms with van der Waals surface area (Å²) in [5.41, 5.74) is 3.03. The van der Waals surface area contributed by atoms with Gasteiger partial charge in [-0.3, -0.25) is 9.78 Å². The zero-order valence-electron chi connectivity index (χ0n) is 23.1. The van der Waals surface area contributed by atoms with E-state index in [1.54, 1.807) is 6.20 Å². The predicted octanol–water partition coefficient (Wildman–Crippen LogP) is 8.05. The molecule has 0 saturated heterocycles. The van der Waals surface area contributed by atoms with Crippen LogP contribution in [0.15, 0.2) is 54.9 Å². The van der Waals surface area contributed by atoms with E-state index in [2.05, 4.69) is 87.8 Å². The van der Waals surface area contributed by atoms with Gasteiger partial charge in [0.1, 0.15) is 0 Å². The van der Waals surface area contributed by atoms with Crippen LogP contribution in [0.3, 0.4) is 0 Å². The molecular formula is C32H48N2O. The lowest BCUT2D eigenvalue weighted by Crippen LogP contribution is -2.46. The van der Waals surface area contributed by atoms with E-state index in [1.807, 2.05) is 12.3 Å². The Kier molecular flexibility index (Phi) is 9.55. The van der Waals surface area contributed by atoms with Crippen molar-refractivity contribution in [3.8, 4) is 0 Å². The maximum atomic E-state index is 13.7. The predicted molar refractivity (Wildman–Crippen MR) is 147 cm³/mol. The molecule has 3 atom stereocenters. The quantitative estimate of drug-likeness (QED) is 0.329.